The Balaban J connectivity index is 2.23. The SMILES string of the molecule is CC(C)n1c(C(O)c2c(Cl)cccc2Cl)nc2ccccc21. The van der Waals surface area contributed by atoms with Gasteiger partial charge in [-0.2, -0.15) is 0 Å². The summed E-state index contributed by atoms with van der Waals surface area (Å²) < 4.78 is 2.01. The molecule has 0 radical (unpaired) electrons. The Hall–Kier alpha value is -1.55. The molecule has 0 aliphatic rings. The number of aliphatic hydroxyl groups is 1. The molecule has 1 atom stereocenters. The van der Waals surface area contributed by atoms with Crippen LogP contribution in [0.1, 0.15) is 37.4 Å². The lowest BCUT2D eigenvalue weighted by Crippen LogP contribution is -2.12. The van der Waals surface area contributed by atoms with Gasteiger partial charge in [-0.25, -0.2) is 4.98 Å². The predicted octanol–water partition coefficient (Wildman–Crippen LogP) is 5.01. The van der Waals surface area contributed by atoms with Gasteiger partial charge in [-0.05, 0) is 38.1 Å². The summed E-state index contributed by atoms with van der Waals surface area (Å²) in [6, 6.07) is 13.2. The van der Waals surface area contributed by atoms with Crippen LogP contribution in [0.25, 0.3) is 11.0 Å². The molecule has 5 heteroatoms. The molecular weight excluding hydrogens is 319 g/mol. The second-order valence-corrected chi connectivity index (χ2v) is 6.27. The molecule has 0 fully saturated rings. The summed E-state index contributed by atoms with van der Waals surface area (Å²) in [6.45, 7) is 4.11. The number of aromatic nitrogens is 2. The minimum absolute atomic E-state index is 0.151. The molecule has 2 aromatic carbocycles. The normalized spacial score (nSPS) is 13.0. The Bertz CT molecular complexity index is 806. The van der Waals surface area contributed by atoms with Gasteiger partial charge < -0.3 is 9.67 Å². The first kappa shape index (κ1) is 15.3. The molecule has 0 aliphatic heterocycles. The van der Waals surface area contributed by atoms with Crippen LogP contribution in [0, 0.1) is 0 Å². The maximum absolute atomic E-state index is 10.8. The summed E-state index contributed by atoms with van der Waals surface area (Å²) in [5.41, 5.74) is 2.31. The lowest BCUT2D eigenvalue weighted by Gasteiger charge is -2.18. The molecule has 1 aromatic heterocycles. The molecule has 0 aliphatic carbocycles. The van der Waals surface area contributed by atoms with E-state index in [1.54, 1.807) is 18.2 Å². The molecule has 0 spiro atoms. The molecule has 1 unspecified atom stereocenters. The highest BCUT2D eigenvalue weighted by Gasteiger charge is 2.24. The molecule has 1 N–H and O–H groups in total. The van der Waals surface area contributed by atoms with E-state index in [1.807, 2.05) is 28.8 Å². The fourth-order valence-corrected chi connectivity index (χ4v) is 3.30. The highest BCUT2D eigenvalue weighted by molar-refractivity contribution is 6.36. The van der Waals surface area contributed by atoms with Crippen molar-refractivity contribution in [1.29, 1.82) is 0 Å². The topological polar surface area (TPSA) is 38.0 Å². The summed E-state index contributed by atoms with van der Waals surface area (Å²) in [6.07, 6.45) is -0.976. The number of para-hydroxylation sites is 2. The molecule has 0 saturated heterocycles. The van der Waals surface area contributed by atoms with E-state index < -0.39 is 6.10 Å². The minimum atomic E-state index is -0.976. The van der Waals surface area contributed by atoms with Crippen molar-refractivity contribution in [2.24, 2.45) is 0 Å². The number of nitrogens with zero attached hydrogens (tertiary/aromatic N) is 2. The molecule has 0 bridgehead atoms. The third kappa shape index (κ3) is 2.50. The fourth-order valence-electron chi connectivity index (χ4n) is 2.70. The quantitative estimate of drug-likeness (QED) is 0.731. The first-order chi connectivity index (χ1) is 10.5. The average Bonchev–Trinajstić information content (AvgIpc) is 2.86. The van der Waals surface area contributed by atoms with Gasteiger partial charge in [0.25, 0.3) is 0 Å². The third-order valence-electron chi connectivity index (χ3n) is 3.66. The van der Waals surface area contributed by atoms with Gasteiger partial charge in [0, 0.05) is 21.7 Å². The molecular formula is C17H16Cl2N2O. The van der Waals surface area contributed by atoms with Gasteiger partial charge in [-0.15, -0.1) is 0 Å². The van der Waals surface area contributed by atoms with Crippen LogP contribution in [0.15, 0.2) is 42.5 Å². The first-order valence-electron chi connectivity index (χ1n) is 7.09. The van der Waals surface area contributed by atoms with Crippen LogP contribution >= 0.6 is 23.2 Å². The number of fused-ring (bicyclic) bond motifs is 1. The van der Waals surface area contributed by atoms with Crippen LogP contribution < -0.4 is 0 Å². The smallest absolute Gasteiger partial charge is 0.143 e. The number of benzene rings is 2. The monoisotopic (exact) mass is 334 g/mol. The van der Waals surface area contributed by atoms with Crippen LogP contribution in [0.2, 0.25) is 10.0 Å². The highest BCUT2D eigenvalue weighted by atomic mass is 35.5. The van der Waals surface area contributed by atoms with Crippen LogP contribution in [0.4, 0.5) is 0 Å². The molecule has 3 aromatic rings. The van der Waals surface area contributed by atoms with Crippen LogP contribution in [-0.4, -0.2) is 14.7 Å². The van der Waals surface area contributed by atoms with Crippen molar-refractivity contribution in [3.05, 3.63) is 63.9 Å². The summed E-state index contributed by atoms with van der Waals surface area (Å²) in [4.78, 5) is 4.59. The largest absolute Gasteiger partial charge is 0.380 e. The van der Waals surface area contributed by atoms with Crippen molar-refractivity contribution in [2.75, 3.05) is 0 Å². The number of hydrogen-bond donors (Lipinski definition) is 1. The summed E-state index contributed by atoms with van der Waals surface area (Å²) >= 11 is 12.4. The molecule has 1 heterocycles. The number of aliphatic hydroxyl groups excluding tert-OH is 1. The van der Waals surface area contributed by atoms with Crippen molar-refractivity contribution in [3.63, 3.8) is 0 Å². The first-order valence-corrected chi connectivity index (χ1v) is 7.85. The minimum Gasteiger partial charge on any atom is -0.380 e. The summed E-state index contributed by atoms with van der Waals surface area (Å²) in [7, 11) is 0. The van der Waals surface area contributed by atoms with Gasteiger partial charge in [0.2, 0.25) is 0 Å². The van der Waals surface area contributed by atoms with Gasteiger partial charge in [0.1, 0.15) is 11.9 Å². The lowest BCUT2D eigenvalue weighted by molar-refractivity contribution is 0.203. The number of hydrogen-bond acceptors (Lipinski definition) is 2. The Morgan fingerprint density at radius 1 is 1.00 bits per heavy atom. The number of halogens is 2. The van der Waals surface area contributed by atoms with Gasteiger partial charge >= 0.3 is 0 Å². The number of rotatable bonds is 3. The van der Waals surface area contributed by atoms with E-state index in [-0.39, 0.29) is 6.04 Å². The fraction of sp³-hybridized carbons (Fsp3) is 0.235. The predicted molar refractivity (Wildman–Crippen MR) is 90.6 cm³/mol. The van der Waals surface area contributed by atoms with Gasteiger partial charge in [0.15, 0.2) is 0 Å². The van der Waals surface area contributed by atoms with E-state index in [2.05, 4.69) is 18.8 Å². The zero-order chi connectivity index (χ0) is 15.9. The second-order valence-electron chi connectivity index (χ2n) is 5.46. The van der Waals surface area contributed by atoms with Crippen LogP contribution in [0.3, 0.4) is 0 Å². The lowest BCUT2D eigenvalue weighted by atomic mass is 10.1. The Labute approximate surface area is 139 Å². The van der Waals surface area contributed by atoms with Crippen molar-refractivity contribution >= 4 is 34.2 Å². The maximum atomic E-state index is 10.8. The van der Waals surface area contributed by atoms with Gasteiger partial charge in [0.05, 0.1) is 11.0 Å². The maximum Gasteiger partial charge on any atom is 0.143 e. The Morgan fingerprint density at radius 2 is 1.64 bits per heavy atom. The van der Waals surface area contributed by atoms with Crippen molar-refractivity contribution in [1.82, 2.24) is 9.55 Å². The zero-order valence-corrected chi connectivity index (χ0v) is 13.8. The van der Waals surface area contributed by atoms with Crippen molar-refractivity contribution in [2.45, 2.75) is 26.0 Å². The van der Waals surface area contributed by atoms with Gasteiger partial charge in [-0.3, -0.25) is 0 Å². The number of imidazole rings is 1. The van der Waals surface area contributed by atoms with E-state index in [0.717, 1.165) is 11.0 Å². The van der Waals surface area contributed by atoms with Crippen molar-refractivity contribution < 1.29 is 5.11 Å². The third-order valence-corrected chi connectivity index (χ3v) is 4.32. The molecule has 3 nitrogen and oxygen atoms in total. The molecule has 0 saturated carbocycles. The molecule has 3 rings (SSSR count). The molecule has 114 valence electrons. The van der Waals surface area contributed by atoms with Gasteiger partial charge in [-0.1, -0.05) is 41.4 Å². The second kappa shape index (κ2) is 5.92. The van der Waals surface area contributed by atoms with Crippen LogP contribution in [-0.2, 0) is 0 Å². The Morgan fingerprint density at radius 3 is 2.27 bits per heavy atom. The van der Waals surface area contributed by atoms with E-state index in [9.17, 15) is 5.11 Å². The summed E-state index contributed by atoms with van der Waals surface area (Å²) in [5, 5.41) is 11.7. The van der Waals surface area contributed by atoms with Crippen molar-refractivity contribution in [3.8, 4) is 0 Å². The summed E-state index contributed by atoms with van der Waals surface area (Å²) in [5.74, 6) is 0.547. The highest BCUT2D eigenvalue weighted by Crippen LogP contribution is 2.35. The van der Waals surface area contributed by atoms with E-state index >= 15 is 0 Å². The van der Waals surface area contributed by atoms with E-state index in [4.69, 9.17) is 23.2 Å². The molecule has 22 heavy (non-hydrogen) atoms. The van der Waals surface area contributed by atoms with Crippen LogP contribution in [0.5, 0.6) is 0 Å². The van der Waals surface area contributed by atoms with E-state index in [0.29, 0.717) is 21.4 Å². The average molecular weight is 335 g/mol. The Kier molecular flexibility index (Phi) is 4.13. The van der Waals surface area contributed by atoms with E-state index in [1.165, 1.54) is 0 Å². The zero-order valence-electron chi connectivity index (χ0n) is 12.3. The standard InChI is InChI=1S/C17H16Cl2N2O/c1-10(2)21-14-9-4-3-8-13(14)20-17(21)16(22)15-11(18)6-5-7-12(15)19/h3-10,16,22H,1-2H3. The molecule has 0 amide bonds.